The highest BCUT2D eigenvalue weighted by Crippen LogP contribution is 2.34. The molecular formula is C20H17N3O. The van der Waals surface area contributed by atoms with Crippen LogP contribution in [-0.4, -0.2) is 15.0 Å². The van der Waals surface area contributed by atoms with E-state index in [1.54, 1.807) is 6.20 Å². The van der Waals surface area contributed by atoms with Gasteiger partial charge in [-0.05, 0) is 43.2 Å². The van der Waals surface area contributed by atoms with Gasteiger partial charge in [-0.25, -0.2) is 4.98 Å². The Morgan fingerprint density at radius 2 is 1.71 bits per heavy atom. The van der Waals surface area contributed by atoms with E-state index in [2.05, 4.69) is 53.1 Å². The predicted molar refractivity (Wildman–Crippen MR) is 94.7 cm³/mol. The van der Waals surface area contributed by atoms with Crippen LogP contribution in [0.5, 0.6) is 0 Å². The maximum Gasteiger partial charge on any atom is 0.192 e. The normalized spacial score (nSPS) is 11.1. The zero-order valence-electron chi connectivity index (χ0n) is 13.9. The molecule has 1 aromatic carbocycles. The number of oxazole rings is 1. The summed E-state index contributed by atoms with van der Waals surface area (Å²) in [4.78, 5) is 13.6. The van der Waals surface area contributed by atoms with Gasteiger partial charge in [-0.1, -0.05) is 18.2 Å². The Bertz CT molecular complexity index is 1030. The molecule has 4 rings (SSSR count). The lowest BCUT2D eigenvalue weighted by molar-refractivity contribution is 0.560. The number of aryl methyl sites for hydroxylation is 3. The third-order valence-corrected chi connectivity index (χ3v) is 4.18. The maximum absolute atomic E-state index is 5.52. The van der Waals surface area contributed by atoms with E-state index < -0.39 is 0 Å². The smallest absolute Gasteiger partial charge is 0.192 e. The van der Waals surface area contributed by atoms with Crippen molar-refractivity contribution in [3.63, 3.8) is 0 Å². The Balaban J connectivity index is 1.95. The van der Waals surface area contributed by atoms with E-state index in [4.69, 9.17) is 4.42 Å². The van der Waals surface area contributed by atoms with Gasteiger partial charge in [0.15, 0.2) is 11.5 Å². The minimum atomic E-state index is 0.644. The molecule has 0 saturated carbocycles. The lowest BCUT2D eigenvalue weighted by atomic mass is 9.95. The third-order valence-electron chi connectivity index (χ3n) is 4.18. The van der Waals surface area contributed by atoms with Gasteiger partial charge >= 0.3 is 0 Å². The van der Waals surface area contributed by atoms with E-state index in [-0.39, 0.29) is 0 Å². The minimum Gasteiger partial charge on any atom is -0.439 e. The van der Waals surface area contributed by atoms with Crippen LogP contribution in [-0.2, 0) is 0 Å². The lowest BCUT2D eigenvalue weighted by Gasteiger charge is -2.13. The predicted octanol–water partition coefficient (Wildman–Crippen LogP) is 4.88. The number of pyridine rings is 2. The zero-order chi connectivity index (χ0) is 16.7. The Kier molecular flexibility index (Phi) is 3.38. The molecule has 3 aromatic heterocycles. The first-order chi connectivity index (χ1) is 11.6. The summed E-state index contributed by atoms with van der Waals surface area (Å²) in [6.45, 7) is 6.06. The van der Waals surface area contributed by atoms with Gasteiger partial charge in [0, 0.05) is 24.2 Å². The number of hydrogen-bond acceptors (Lipinski definition) is 4. The van der Waals surface area contributed by atoms with Gasteiger partial charge < -0.3 is 4.42 Å². The van der Waals surface area contributed by atoms with E-state index in [1.807, 2.05) is 25.3 Å². The summed E-state index contributed by atoms with van der Waals surface area (Å²) in [6, 6.07) is 12.2. The van der Waals surface area contributed by atoms with Crippen molar-refractivity contribution < 1.29 is 4.42 Å². The van der Waals surface area contributed by atoms with Crippen molar-refractivity contribution >= 4 is 11.1 Å². The Hall–Kier alpha value is -3.01. The number of nitrogens with zero attached hydrogens (tertiary/aromatic N) is 3. The molecule has 0 aliphatic carbocycles. The molecule has 0 radical (unpaired) electrons. The fraction of sp³-hybridized carbons (Fsp3) is 0.150. The van der Waals surface area contributed by atoms with Gasteiger partial charge in [0.25, 0.3) is 0 Å². The molecule has 3 heterocycles. The number of benzene rings is 1. The molecule has 0 amide bonds. The van der Waals surface area contributed by atoms with Gasteiger partial charge in [0.2, 0.25) is 0 Å². The van der Waals surface area contributed by atoms with Crippen LogP contribution in [0, 0.1) is 20.8 Å². The summed E-state index contributed by atoms with van der Waals surface area (Å²) in [5, 5.41) is 0. The third kappa shape index (κ3) is 2.36. The van der Waals surface area contributed by atoms with Crippen molar-refractivity contribution in [1.82, 2.24) is 15.0 Å². The molecule has 4 nitrogen and oxygen atoms in total. The molecule has 0 N–H and O–H groups in total. The molecule has 0 fully saturated rings. The Morgan fingerprint density at radius 1 is 0.917 bits per heavy atom. The first kappa shape index (κ1) is 14.6. The standard InChI is InChI=1S/C20H17N3O/c1-12-6-4-7-13(2)19(12)20-15(8-5-9-21-20)16-10-17-18(11-22-16)24-14(3)23-17/h4-11H,1-3H3. The van der Waals surface area contributed by atoms with Gasteiger partial charge in [-0.2, -0.15) is 0 Å². The topological polar surface area (TPSA) is 51.8 Å². The first-order valence-electron chi connectivity index (χ1n) is 7.88. The minimum absolute atomic E-state index is 0.644. The van der Waals surface area contributed by atoms with E-state index in [0.29, 0.717) is 11.5 Å². The summed E-state index contributed by atoms with van der Waals surface area (Å²) >= 11 is 0. The van der Waals surface area contributed by atoms with Crippen molar-refractivity contribution in [2.45, 2.75) is 20.8 Å². The fourth-order valence-electron chi connectivity index (χ4n) is 3.10. The molecule has 0 aliphatic heterocycles. The van der Waals surface area contributed by atoms with Crippen molar-refractivity contribution in [2.75, 3.05) is 0 Å². The van der Waals surface area contributed by atoms with Crippen LogP contribution in [0.15, 0.2) is 53.2 Å². The Labute approximate surface area is 140 Å². The monoisotopic (exact) mass is 315 g/mol. The molecule has 0 atom stereocenters. The van der Waals surface area contributed by atoms with Crippen molar-refractivity contribution in [2.24, 2.45) is 0 Å². The zero-order valence-corrected chi connectivity index (χ0v) is 13.9. The number of fused-ring (bicyclic) bond motifs is 1. The molecule has 24 heavy (non-hydrogen) atoms. The molecule has 0 unspecified atom stereocenters. The SMILES string of the molecule is Cc1nc2cc(-c3cccnc3-c3c(C)cccc3C)ncc2o1. The molecule has 0 saturated heterocycles. The molecule has 0 spiro atoms. The van der Waals surface area contributed by atoms with Crippen LogP contribution >= 0.6 is 0 Å². The summed E-state index contributed by atoms with van der Waals surface area (Å²) in [5.41, 5.74) is 7.87. The van der Waals surface area contributed by atoms with Gasteiger partial charge in [-0.3, -0.25) is 9.97 Å². The second-order valence-electron chi connectivity index (χ2n) is 5.94. The highest BCUT2D eigenvalue weighted by atomic mass is 16.3. The van der Waals surface area contributed by atoms with Gasteiger partial charge in [-0.15, -0.1) is 0 Å². The van der Waals surface area contributed by atoms with Crippen LogP contribution in [0.25, 0.3) is 33.6 Å². The number of rotatable bonds is 2. The Morgan fingerprint density at radius 3 is 2.50 bits per heavy atom. The van der Waals surface area contributed by atoms with Crippen LogP contribution in [0.1, 0.15) is 17.0 Å². The molecule has 4 heteroatoms. The van der Waals surface area contributed by atoms with Crippen LogP contribution in [0.4, 0.5) is 0 Å². The van der Waals surface area contributed by atoms with E-state index in [0.717, 1.165) is 28.0 Å². The lowest BCUT2D eigenvalue weighted by Crippen LogP contribution is -1.95. The van der Waals surface area contributed by atoms with Crippen LogP contribution in [0.3, 0.4) is 0 Å². The number of aromatic nitrogens is 3. The second-order valence-corrected chi connectivity index (χ2v) is 5.94. The number of hydrogen-bond donors (Lipinski definition) is 0. The first-order valence-corrected chi connectivity index (χ1v) is 7.88. The van der Waals surface area contributed by atoms with Gasteiger partial charge in [0.1, 0.15) is 5.52 Å². The molecule has 4 aromatic rings. The molecule has 0 aliphatic rings. The summed E-state index contributed by atoms with van der Waals surface area (Å²) < 4.78 is 5.52. The largest absolute Gasteiger partial charge is 0.439 e. The van der Waals surface area contributed by atoms with E-state index in [1.165, 1.54) is 11.1 Å². The van der Waals surface area contributed by atoms with Crippen LogP contribution in [0.2, 0.25) is 0 Å². The second kappa shape index (κ2) is 5.57. The average molecular weight is 315 g/mol. The van der Waals surface area contributed by atoms with Crippen molar-refractivity contribution in [3.8, 4) is 22.5 Å². The van der Waals surface area contributed by atoms with Crippen molar-refractivity contribution in [1.29, 1.82) is 0 Å². The average Bonchev–Trinajstić information content (AvgIpc) is 2.94. The summed E-state index contributed by atoms with van der Waals surface area (Å²) in [7, 11) is 0. The maximum atomic E-state index is 5.52. The molecule has 118 valence electrons. The highest BCUT2D eigenvalue weighted by Gasteiger charge is 2.15. The van der Waals surface area contributed by atoms with Gasteiger partial charge in [0.05, 0.1) is 17.6 Å². The van der Waals surface area contributed by atoms with Crippen molar-refractivity contribution in [3.05, 3.63) is 65.8 Å². The van der Waals surface area contributed by atoms with E-state index in [9.17, 15) is 0 Å². The summed E-state index contributed by atoms with van der Waals surface area (Å²) in [6.07, 6.45) is 3.55. The quantitative estimate of drug-likeness (QED) is 0.529. The van der Waals surface area contributed by atoms with E-state index >= 15 is 0 Å². The highest BCUT2D eigenvalue weighted by molar-refractivity contribution is 5.85. The summed E-state index contributed by atoms with van der Waals surface area (Å²) in [5.74, 6) is 0.644. The fourth-order valence-corrected chi connectivity index (χ4v) is 3.10. The molecule has 0 bridgehead atoms. The molecular weight excluding hydrogens is 298 g/mol. The van der Waals surface area contributed by atoms with Crippen LogP contribution < -0.4 is 0 Å².